The molecule has 27 heavy (non-hydrogen) atoms. The number of fused-ring (bicyclic) bond motifs is 3. The standard InChI is InChI=1S/C21H22INO4/c1-12(15-8-6-5-7-9-15)23-14(3)26-19-18-20(4)17(27-20)10-21(18,22)16(11-25-19)13(2)24/h5-9,11,17-19,23H,1,3,10H2,2,4H3/t17-,18+,19-,20-,21?/m0/s1. The maximum Gasteiger partial charge on any atom is 0.249 e. The number of Topliss-reactive ketones (excluding diaryl/α,β-unsaturated/α-hetero) is 1. The number of ketones is 1. The van der Waals surface area contributed by atoms with Crippen LogP contribution in [-0.2, 0) is 19.0 Å². The van der Waals surface area contributed by atoms with Crippen LogP contribution in [0.4, 0.5) is 0 Å². The van der Waals surface area contributed by atoms with Crippen molar-refractivity contribution in [3.8, 4) is 0 Å². The molecular formula is C21H22INO4. The number of carbonyl (C=O) groups is 1. The van der Waals surface area contributed by atoms with E-state index in [2.05, 4.69) is 48.0 Å². The molecule has 1 unspecified atom stereocenters. The van der Waals surface area contributed by atoms with Crippen LogP contribution in [0.3, 0.4) is 0 Å². The molecule has 1 N–H and O–H groups in total. The second kappa shape index (κ2) is 6.38. The molecule has 2 aliphatic heterocycles. The number of rotatable bonds is 6. The van der Waals surface area contributed by atoms with E-state index in [0.717, 1.165) is 12.0 Å². The lowest BCUT2D eigenvalue weighted by Gasteiger charge is -2.42. The lowest BCUT2D eigenvalue weighted by atomic mass is 9.81. The zero-order valence-electron chi connectivity index (χ0n) is 15.3. The molecule has 0 bridgehead atoms. The Morgan fingerprint density at radius 2 is 2.04 bits per heavy atom. The van der Waals surface area contributed by atoms with E-state index < -0.39 is 6.29 Å². The van der Waals surface area contributed by atoms with Crippen molar-refractivity contribution in [1.82, 2.24) is 5.32 Å². The van der Waals surface area contributed by atoms with E-state index in [9.17, 15) is 4.79 Å². The predicted octanol–water partition coefficient (Wildman–Crippen LogP) is 3.92. The smallest absolute Gasteiger partial charge is 0.249 e. The third-order valence-corrected chi connectivity index (χ3v) is 7.35. The van der Waals surface area contributed by atoms with Gasteiger partial charge in [-0.15, -0.1) is 0 Å². The summed E-state index contributed by atoms with van der Waals surface area (Å²) in [6.07, 6.45) is 1.85. The highest BCUT2D eigenvalue weighted by molar-refractivity contribution is 14.1. The number of halogens is 1. The molecule has 1 aromatic carbocycles. The number of benzene rings is 1. The Morgan fingerprint density at radius 3 is 2.70 bits per heavy atom. The molecule has 0 radical (unpaired) electrons. The van der Waals surface area contributed by atoms with Crippen molar-refractivity contribution >= 4 is 34.1 Å². The van der Waals surface area contributed by atoms with Crippen molar-refractivity contribution < 1.29 is 19.0 Å². The monoisotopic (exact) mass is 479 g/mol. The number of carbonyl (C=O) groups excluding carboxylic acids is 1. The predicted molar refractivity (Wildman–Crippen MR) is 111 cm³/mol. The number of alkyl halides is 1. The SMILES string of the molecule is C=C(NC(=C)c1ccccc1)O[C@@H]1OC=C(C(C)=O)C2(I)C[C@@H]3O[C@]3(C)[C@@H]12. The number of allylic oxidation sites excluding steroid dienone is 1. The Morgan fingerprint density at radius 1 is 1.33 bits per heavy atom. The van der Waals surface area contributed by atoms with Gasteiger partial charge >= 0.3 is 0 Å². The van der Waals surface area contributed by atoms with Gasteiger partial charge in [-0.3, -0.25) is 4.79 Å². The number of ether oxygens (including phenoxy) is 3. The molecule has 1 saturated carbocycles. The van der Waals surface area contributed by atoms with Crippen molar-refractivity contribution in [2.24, 2.45) is 5.92 Å². The average Bonchev–Trinajstić information content (AvgIpc) is 3.16. The summed E-state index contributed by atoms with van der Waals surface area (Å²) < 4.78 is 17.4. The van der Waals surface area contributed by atoms with Crippen molar-refractivity contribution in [1.29, 1.82) is 0 Å². The third kappa shape index (κ3) is 2.99. The van der Waals surface area contributed by atoms with Gasteiger partial charge in [-0.25, -0.2) is 0 Å². The lowest BCUT2D eigenvalue weighted by Crippen LogP contribution is -2.50. The number of hydrogen-bond acceptors (Lipinski definition) is 5. The average molecular weight is 479 g/mol. The Labute approximate surface area is 172 Å². The molecule has 5 atom stereocenters. The van der Waals surface area contributed by atoms with Crippen molar-refractivity contribution in [2.45, 2.75) is 41.7 Å². The maximum atomic E-state index is 12.1. The summed E-state index contributed by atoms with van der Waals surface area (Å²) in [5.41, 5.74) is 1.98. The molecule has 3 aliphatic rings. The number of epoxide rings is 1. The quantitative estimate of drug-likeness (QED) is 0.290. The van der Waals surface area contributed by atoms with Gasteiger partial charge in [0.2, 0.25) is 6.29 Å². The van der Waals surface area contributed by atoms with Gasteiger partial charge < -0.3 is 19.5 Å². The van der Waals surface area contributed by atoms with Crippen LogP contribution in [0.25, 0.3) is 5.70 Å². The second-order valence-corrected chi connectivity index (χ2v) is 9.36. The molecule has 4 rings (SSSR count). The molecule has 2 heterocycles. The summed E-state index contributed by atoms with van der Waals surface area (Å²) in [5, 5.41) is 3.09. The molecule has 2 fully saturated rings. The minimum atomic E-state index is -0.592. The number of hydrogen-bond donors (Lipinski definition) is 1. The van der Waals surface area contributed by atoms with Crippen molar-refractivity contribution in [2.75, 3.05) is 0 Å². The Hall–Kier alpha value is -1.80. The van der Waals surface area contributed by atoms with Crippen LogP contribution in [-0.4, -0.2) is 27.2 Å². The molecule has 0 aromatic heterocycles. The lowest BCUT2D eigenvalue weighted by molar-refractivity contribution is -0.146. The first kappa shape index (κ1) is 18.6. The summed E-state index contributed by atoms with van der Waals surface area (Å²) in [6.45, 7) is 11.6. The Balaban J connectivity index is 1.51. The van der Waals surface area contributed by atoms with Crippen molar-refractivity contribution in [3.05, 3.63) is 66.8 Å². The molecule has 0 amide bonds. The van der Waals surface area contributed by atoms with Crippen LogP contribution < -0.4 is 5.32 Å². The van der Waals surface area contributed by atoms with Gasteiger partial charge in [-0.2, -0.15) is 0 Å². The van der Waals surface area contributed by atoms with Gasteiger partial charge in [0.05, 0.1) is 21.7 Å². The van der Waals surface area contributed by atoms with Gasteiger partial charge in [0.1, 0.15) is 5.60 Å². The summed E-state index contributed by atoms with van der Waals surface area (Å²) in [5.74, 6) is 0.259. The van der Waals surface area contributed by atoms with Gasteiger partial charge in [-0.1, -0.05) is 59.5 Å². The minimum absolute atomic E-state index is 0.0205. The topological polar surface area (TPSA) is 60.1 Å². The highest BCUT2D eigenvalue weighted by atomic mass is 127. The van der Waals surface area contributed by atoms with Gasteiger partial charge in [0.25, 0.3) is 0 Å². The van der Waals surface area contributed by atoms with E-state index in [1.54, 1.807) is 13.2 Å². The van der Waals surface area contributed by atoms with Crippen LogP contribution in [0.2, 0.25) is 0 Å². The normalized spacial score (nSPS) is 35.8. The molecule has 1 aromatic rings. The van der Waals surface area contributed by atoms with Crippen LogP contribution in [0.15, 0.2) is 61.2 Å². The first-order valence-electron chi connectivity index (χ1n) is 8.86. The fourth-order valence-electron chi connectivity index (χ4n) is 4.24. The molecule has 0 spiro atoms. The van der Waals surface area contributed by atoms with Crippen LogP contribution in [0, 0.1) is 5.92 Å². The molecule has 1 aliphatic carbocycles. The highest BCUT2D eigenvalue weighted by Crippen LogP contribution is 2.66. The summed E-state index contributed by atoms with van der Waals surface area (Å²) in [7, 11) is 0. The van der Waals surface area contributed by atoms with Gasteiger partial charge in [0, 0.05) is 11.3 Å². The van der Waals surface area contributed by atoms with Gasteiger partial charge in [-0.05, 0) is 32.4 Å². The largest absolute Gasteiger partial charge is 0.461 e. The number of nitrogens with one attached hydrogen (secondary N) is 1. The second-order valence-electron chi connectivity index (χ2n) is 7.44. The first-order valence-corrected chi connectivity index (χ1v) is 9.94. The maximum absolute atomic E-state index is 12.1. The molecule has 1 saturated heterocycles. The van der Waals surface area contributed by atoms with Gasteiger partial charge in [0.15, 0.2) is 11.7 Å². The zero-order chi connectivity index (χ0) is 19.4. The third-order valence-electron chi connectivity index (χ3n) is 5.66. The highest BCUT2D eigenvalue weighted by Gasteiger charge is 2.76. The molecule has 6 heteroatoms. The van der Waals surface area contributed by atoms with E-state index in [4.69, 9.17) is 14.2 Å². The van der Waals surface area contributed by atoms with E-state index in [1.807, 2.05) is 30.3 Å². The fourth-order valence-corrected chi connectivity index (χ4v) is 6.06. The molecule has 5 nitrogen and oxygen atoms in total. The van der Waals surface area contributed by atoms with E-state index >= 15 is 0 Å². The van der Waals surface area contributed by atoms with Crippen molar-refractivity contribution in [3.63, 3.8) is 0 Å². The van der Waals surface area contributed by atoms with Crippen LogP contribution >= 0.6 is 22.6 Å². The van der Waals surface area contributed by atoms with Crippen LogP contribution in [0.5, 0.6) is 0 Å². The molecular weight excluding hydrogens is 457 g/mol. The van der Waals surface area contributed by atoms with E-state index in [1.165, 1.54) is 0 Å². The summed E-state index contributed by atoms with van der Waals surface area (Å²) in [4.78, 5) is 12.1. The Bertz CT molecular complexity index is 851. The summed E-state index contributed by atoms with van der Waals surface area (Å²) in [6, 6.07) is 9.75. The summed E-state index contributed by atoms with van der Waals surface area (Å²) >= 11 is 2.38. The van der Waals surface area contributed by atoms with E-state index in [-0.39, 0.29) is 26.8 Å². The molecule has 142 valence electrons. The van der Waals surface area contributed by atoms with Crippen LogP contribution in [0.1, 0.15) is 25.8 Å². The zero-order valence-corrected chi connectivity index (χ0v) is 17.5. The fraction of sp³-hybridized carbons (Fsp3) is 0.381. The minimum Gasteiger partial charge on any atom is -0.461 e. The first-order chi connectivity index (χ1) is 12.8. The Kier molecular flexibility index (Phi) is 4.38. The van der Waals surface area contributed by atoms with E-state index in [0.29, 0.717) is 17.2 Å².